The smallest absolute Gasteiger partial charge is 0.169 e. The van der Waals surface area contributed by atoms with Crippen LogP contribution < -0.4 is 18.9 Å². The molecule has 0 fully saturated rings. The van der Waals surface area contributed by atoms with E-state index in [1.54, 1.807) is 0 Å². The molecule has 0 aliphatic rings. The number of rotatable bonds is 22. The average Bonchev–Trinajstić information content (AvgIpc) is 3.11. The van der Waals surface area contributed by atoms with E-state index in [0.717, 1.165) is 25.9 Å². The van der Waals surface area contributed by atoms with Crippen molar-refractivity contribution in [2.75, 3.05) is 49.5 Å². The van der Waals surface area contributed by atoms with Crippen molar-refractivity contribution in [1.82, 2.24) is 0 Å². The number of aromatic nitrogens is 2. The van der Waals surface area contributed by atoms with Gasteiger partial charge in [-0.3, -0.25) is 0 Å². The lowest BCUT2D eigenvalue weighted by atomic mass is 10.0. The maximum Gasteiger partial charge on any atom is 0.169 e. The Bertz CT molecular complexity index is 1450. The Morgan fingerprint density at radius 1 is 0.458 bits per heavy atom. The summed E-state index contributed by atoms with van der Waals surface area (Å²) in [7, 11) is 12.5. The minimum absolute atomic E-state index is 1.09. The molecule has 0 saturated heterocycles. The van der Waals surface area contributed by atoms with Gasteiger partial charge >= 0.3 is 0 Å². The molecule has 2 aromatic carbocycles. The van der Waals surface area contributed by atoms with E-state index in [9.17, 15) is 0 Å². The van der Waals surface area contributed by atoms with Crippen molar-refractivity contribution < 1.29 is 9.13 Å². The van der Waals surface area contributed by atoms with Crippen LogP contribution in [0, 0.1) is 0 Å². The van der Waals surface area contributed by atoms with Crippen LogP contribution in [0.3, 0.4) is 0 Å². The highest BCUT2D eigenvalue weighted by Gasteiger charge is 2.04. The number of anilines is 2. The van der Waals surface area contributed by atoms with E-state index >= 15 is 0 Å². The van der Waals surface area contributed by atoms with E-state index in [-0.39, 0.29) is 0 Å². The second-order valence-corrected chi connectivity index (χ2v) is 15.9. The van der Waals surface area contributed by atoms with E-state index in [4.69, 9.17) is 0 Å². The van der Waals surface area contributed by atoms with Crippen molar-refractivity contribution in [3.63, 3.8) is 0 Å². The quantitative estimate of drug-likeness (QED) is 0.0466. The summed E-state index contributed by atoms with van der Waals surface area (Å²) in [5.74, 6) is 2.57. The van der Waals surface area contributed by atoms with Gasteiger partial charge in [0.25, 0.3) is 0 Å². The molecule has 0 saturated carbocycles. The fourth-order valence-electron chi connectivity index (χ4n) is 5.59. The predicted octanol–water partition coefficient (Wildman–Crippen LogP) is 9.55. The van der Waals surface area contributed by atoms with Crippen LogP contribution in [0.4, 0.5) is 11.4 Å². The summed E-state index contributed by atoms with van der Waals surface area (Å²) in [5, 5.41) is 0. The van der Waals surface area contributed by atoms with Gasteiger partial charge in [-0.05, 0) is 85.0 Å². The normalized spacial score (nSPS) is 11.3. The average molecular weight is 683 g/mol. The molecular formula is C42H58N4S2+2. The molecule has 0 N–H and O–H groups in total. The van der Waals surface area contributed by atoms with Gasteiger partial charge in [-0.1, -0.05) is 70.8 Å². The van der Waals surface area contributed by atoms with Gasteiger partial charge in [0.15, 0.2) is 24.8 Å². The maximum atomic E-state index is 2.35. The zero-order valence-corrected chi connectivity index (χ0v) is 31.5. The first-order chi connectivity index (χ1) is 23.5. The van der Waals surface area contributed by atoms with Crippen molar-refractivity contribution in [3.05, 3.63) is 120 Å². The Morgan fingerprint density at radius 2 is 0.854 bits per heavy atom. The number of aryl methyl sites for hydroxylation is 4. The molecule has 256 valence electrons. The number of pyridine rings is 2. The molecule has 0 radical (unpaired) electrons. The lowest BCUT2D eigenvalue weighted by Crippen LogP contribution is -2.32. The molecular weight excluding hydrogens is 625 g/mol. The van der Waals surface area contributed by atoms with E-state index in [0.29, 0.717) is 0 Å². The van der Waals surface area contributed by atoms with Gasteiger partial charge in [-0.15, -0.1) is 0 Å². The molecule has 0 aliphatic heterocycles. The molecule has 0 amide bonds. The molecule has 0 atom stereocenters. The van der Waals surface area contributed by atoms with Crippen molar-refractivity contribution in [1.29, 1.82) is 0 Å². The van der Waals surface area contributed by atoms with Crippen molar-refractivity contribution >= 4 is 45.1 Å². The van der Waals surface area contributed by atoms with E-state index in [2.05, 4.69) is 178 Å². The van der Waals surface area contributed by atoms with Gasteiger partial charge in [-0.25, -0.2) is 9.13 Å². The predicted molar refractivity (Wildman–Crippen MR) is 213 cm³/mol. The highest BCUT2D eigenvalue weighted by molar-refractivity contribution is 8.76. The largest absolute Gasteiger partial charge is 0.378 e. The van der Waals surface area contributed by atoms with E-state index < -0.39 is 0 Å². The third kappa shape index (κ3) is 14.5. The zero-order chi connectivity index (χ0) is 33.8. The topological polar surface area (TPSA) is 14.2 Å². The lowest BCUT2D eigenvalue weighted by Gasteiger charge is -2.12. The molecule has 48 heavy (non-hydrogen) atoms. The Morgan fingerprint density at radius 3 is 1.33 bits per heavy atom. The number of hydrogen-bond acceptors (Lipinski definition) is 4. The fourth-order valence-corrected chi connectivity index (χ4v) is 7.89. The van der Waals surface area contributed by atoms with E-state index in [1.165, 1.54) is 96.5 Å². The summed E-state index contributed by atoms with van der Waals surface area (Å²) in [6.45, 7) is 2.23. The maximum absolute atomic E-state index is 2.35. The second-order valence-electron chi connectivity index (χ2n) is 13.2. The first-order valence-electron chi connectivity index (χ1n) is 17.9. The highest BCUT2D eigenvalue weighted by atomic mass is 33.1. The van der Waals surface area contributed by atoms with Crippen LogP contribution >= 0.6 is 21.6 Å². The highest BCUT2D eigenvalue weighted by Crippen LogP contribution is 2.24. The summed E-state index contributed by atoms with van der Waals surface area (Å²) >= 11 is 0. The van der Waals surface area contributed by atoms with Gasteiger partial charge in [0.05, 0.1) is 0 Å². The van der Waals surface area contributed by atoms with Crippen LogP contribution in [0.2, 0.25) is 0 Å². The third-order valence-corrected chi connectivity index (χ3v) is 11.4. The van der Waals surface area contributed by atoms with Gasteiger partial charge in [0.2, 0.25) is 0 Å². The summed E-state index contributed by atoms with van der Waals surface area (Å²) in [5.41, 5.74) is 7.78. The number of hydrogen-bond donors (Lipinski definition) is 0. The van der Waals surface area contributed by atoms with Crippen LogP contribution in [0.1, 0.15) is 73.6 Å². The first kappa shape index (κ1) is 37.6. The molecule has 4 rings (SSSR count). The third-order valence-electron chi connectivity index (χ3n) is 8.78. The SMILES string of the molecule is CN(C)c1ccc(C=Cc2cc[n+](CCCCCCSSCCCCCC[n+]3ccc(CCc4ccc(N(C)C)cc4)cc3)cc2)cc1. The molecule has 2 heterocycles. The van der Waals surface area contributed by atoms with E-state index in [1.807, 2.05) is 0 Å². The van der Waals surface area contributed by atoms with Crippen molar-refractivity contribution in [2.45, 2.75) is 77.3 Å². The first-order valence-corrected chi connectivity index (χ1v) is 20.4. The van der Waals surface area contributed by atoms with Crippen LogP contribution in [0.15, 0.2) is 97.6 Å². The molecule has 4 nitrogen and oxygen atoms in total. The molecule has 0 aliphatic carbocycles. The Labute approximate surface area is 299 Å². The standard InChI is InChI=1S/C42H58N4S2/c1-43(2)41-21-17-37(18-22-41)13-15-39-25-31-45(32-26-39)29-9-5-7-11-35-47-48-36-12-8-6-10-30-46-33-27-40(28-34-46)16-14-38-19-23-42(24-20-38)44(3)4/h13,15,17-28,31-34H,5-12,14,16,29-30,35-36H2,1-4H3/q+2. The van der Waals surface area contributed by atoms with Gasteiger partial charge in [-0.2, -0.15) is 0 Å². The molecule has 6 heteroatoms. The summed E-state index contributed by atoms with van der Waals surface area (Å²) in [4.78, 5) is 4.27. The fraction of sp³-hybridized carbons (Fsp3) is 0.429. The molecule has 4 aromatic rings. The minimum Gasteiger partial charge on any atom is -0.378 e. The Kier molecular flexibility index (Phi) is 17.0. The molecule has 0 bridgehead atoms. The monoisotopic (exact) mass is 682 g/mol. The van der Waals surface area contributed by atoms with Crippen LogP contribution in [-0.2, 0) is 25.9 Å². The van der Waals surface area contributed by atoms with Gasteiger partial charge in [0, 0.05) is 88.2 Å². The van der Waals surface area contributed by atoms with Crippen molar-refractivity contribution in [2.24, 2.45) is 0 Å². The Hall–Kier alpha value is -3.22. The van der Waals surface area contributed by atoms with Crippen LogP contribution in [0.25, 0.3) is 12.2 Å². The summed E-state index contributed by atoms with van der Waals surface area (Å²) in [6, 6.07) is 26.6. The van der Waals surface area contributed by atoms with Crippen LogP contribution in [-0.4, -0.2) is 39.7 Å². The molecule has 0 unspecified atom stereocenters. The number of nitrogens with zero attached hydrogens (tertiary/aromatic N) is 4. The summed E-state index contributed by atoms with van der Waals surface area (Å²) < 4.78 is 4.66. The molecule has 0 spiro atoms. The number of unbranched alkanes of at least 4 members (excludes halogenated alkanes) is 6. The second kappa shape index (κ2) is 21.7. The van der Waals surface area contributed by atoms with Gasteiger partial charge < -0.3 is 9.80 Å². The zero-order valence-electron chi connectivity index (χ0n) is 29.9. The number of benzene rings is 2. The Balaban J connectivity index is 0.935. The van der Waals surface area contributed by atoms with Crippen molar-refractivity contribution in [3.8, 4) is 0 Å². The van der Waals surface area contributed by atoms with Gasteiger partial charge in [0.1, 0.15) is 13.1 Å². The summed E-state index contributed by atoms with van der Waals surface area (Å²) in [6.07, 6.45) is 26.0. The molecule has 2 aromatic heterocycles. The van der Waals surface area contributed by atoms with Crippen LogP contribution in [0.5, 0.6) is 0 Å². The minimum atomic E-state index is 1.09. The lowest BCUT2D eigenvalue weighted by molar-refractivity contribution is -0.697.